The molecule has 24 heavy (non-hydrogen) atoms. The number of amides is 1. The number of esters is 1. The number of methoxy groups -OCH3 is 1. The van der Waals surface area contributed by atoms with Crippen LogP contribution in [-0.4, -0.2) is 58.7 Å². The number of para-hydroxylation sites is 1. The number of pyridine rings is 1. The summed E-state index contributed by atoms with van der Waals surface area (Å²) in [5, 5.41) is 1.64. The molecule has 0 spiro atoms. The number of fused-ring (bicyclic) bond motifs is 1. The van der Waals surface area contributed by atoms with Crippen LogP contribution in [0.5, 0.6) is 0 Å². The monoisotopic (exact) mass is 362 g/mol. The number of hydrogen-bond donors (Lipinski definition) is 0. The highest BCUT2D eigenvalue weighted by Crippen LogP contribution is 2.23. The van der Waals surface area contributed by atoms with Gasteiger partial charge in [-0.2, -0.15) is 0 Å². The van der Waals surface area contributed by atoms with Gasteiger partial charge in [-0.05, 0) is 12.1 Å². The Balaban J connectivity index is 1.59. The van der Waals surface area contributed by atoms with Gasteiger partial charge in [0.25, 0.3) is 0 Å². The molecule has 1 amide bonds. The van der Waals surface area contributed by atoms with Crippen molar-refractivity contribution in [2.24, 2.45) is 0 Å². The fraction of sp³-hybridized carbons (Fsp3) is 0.353. The van der Waals surface area contributed by atoms with E-state index in [1.54, 1.807) is 16.7 Å². The van der Waals surface area contributed by atoms with Crippen LogP contribution in [0.25, 0.3) is 10.9 Å². The van der Waals surface area contributed by atoms with Gasteiger partial charge in [0.2, 0.25) is 5.91 Å². The zero-order valence-electron chi connectivity index (χ0n) is 13.3. The lowest BCUT2D eigenvalue weighted by molar-refractivity contribution is -0.141. The fourth-order valence-electron chi connectivity index (χ4n) is 2.50. The fourth-order valence-corrected chi connectivity index (χ4v) is 4.41. The number of ether oxygens (including phenoxy) is 1. The molecule has 0 radical (unpaired) electrons. The largest absolute Gasteiger partial charge is 0.468 e. The van der Waals surface area contributed by atoms with Crippen molar-refractivity contribution in [3.05, 3.63) is 36.4 Å². The second-order valence-electron chi connectivity index (χ2n) is 5.35. The Labute approximate surface area is 149 Å². The lowest BCUT2D eigenvalue weighted by Crippen LogP contribution is -2.45. The third-order valence-corrected chi connectivity index (χ3v) is 5.88. The Hall–Kier alpha value is -1.73. The highest BCUT2D eigenvalue weighted by molar-refractivity contribution is 8.00. The van der Waals surface area contributed by atoms with E-state index in [1.807, 2.05) is 36.4 Å². The number of carbonyl (C=O) groups excluding carboxylic acids is 2. The predicted molar refractivity (Wildman–Crippen MR) is 97.3 cm³/mol. The van der Waals surface area contributed by atoms with E-state index in [1.165, 1.54) is 18.9 Å². The zero-order chi connectivity index (χ0) is 16.9. The molecule has 1 aliphatic heterocycles. The number of rotatable bonds is 4. The summed E-state index contributed by atoms with van der Waals surface area (Å²) < 4.78 is 4.77. The molecule has 0 unspecified atom stereocenters. The van der Waals surface area contributed by atoms with E-state index < -0.39 is 0 Å². The van der Waals surface area contributed by atoms with Crippen molar-refractivity contribution in [3.63, 3.8) is 0 Å². The number of benzene rings is 1. The van der Waals surface area contributed by atoms with Crippen molar-refractivity contribution in [3.8, 4) is 0 Å². The number of nitrogens with zero attached hydrogens (tertiary/aromatic N) is 2. The first kappa shape index (κ1) is 17.1. The Morgan fingerprint density at radius 1 is 1.33 bits per heavy atom. The Kier molecular flexibility index (Phi) is 5.63. The minimum Gasteiger partial charge on any atom is -0.468 e. The quantitative estimate of drug-likeness (QED) is 0.615. The second-order valence-corrected chi connectivity index (χ2v) is 7.66. The molecule has 1 saturated heterocycles. The molecule has 1 aromatic carbocycles. The summed E-state index contributed by atoms with van der Waals surface area (Å²) in [6, 6.07) is 11.9. The number of aromatic nitrogens is 1. The van der Waals surface area contributed by atoms with Crippen LogP contribution in [0.15, 0.2) is 41.4 Å². The van der Waals surface area contributed by atoms with Gasteiger partial charge < -0.3 is 9.64 Å². The first-order chi connectivity index (χ1) is 11.7. The van der Waals surface area contributed by atoms with E-state index in [0.29, 0.717) is 18.8 Å². The second kappa shape index (κ2) is 7.90. The van der Waals surface area contributed by atoms with Crippen molar-refractivity contribution in [1.82, 2.24) is 9.88 Å². The van der Waals surface area contributed by atoms with Crippen LogP contribution >= 0.6 is 23.5 Å². The first-order valence-electron chi connectivity index (χ1n) is 7.63. The van der Waals surface area contributed by atoms with Gasteiger partial charge in [-0.15, -0.1) is 11.8 Å². The molecular weight excluding hydrogens is 344 g/mol. The van der Waals surface area contributed by atoms with Crippen molar-refractivity contribution in [2.45, 2.75) is 10.3 Å². The molecule has 0 aliphatic carbocycles. The summed E-state index contributed by atoms with van der Waals surface area (Å²) in [7, 11) is 1.38. The third kappa shape index (κ3) is 4.02. The van der Waals surface area contributed by atoms with Gasteiger partial charge in [-0.3, -0.25) is 9.59 Å². The van der Waals surface area contributed by atoms with Crippen LogP contribution in [0.1, 0.15) is 0 Å². The molecule has 1 atom stereocenters. The van der Waals surface area contributed by atoms with E-state index in [9.17, 15) is 9.59 Å². The van der Waals surface area contributed by atoms with Gasteiger partial charge in [0, 0.05) is 24.2 Å². The minimum absolute atomic E-state index is 0.0316. The maximum atomic E-state index is 12.4. The maximum Gasteiger partial charge on any atom is 0.320 e. The molecule has 1 aliphatic rings. The van der Waals surface area contributed by atoms with Gasteiger partial charge in [-0.1, -0.05) is 36.0 Å². The van der Waals surface area contributed by atoms with Crippen LogP contribution in [0.3, 0.4) is 0 Å². The Morgan fingerprint density at radius 3 is 3.00 bits per heavy atom. The van der Waals surface area contributed by atoms with Crippen molar-refractivity contribution in [2.75, 3.05) is 31.7 Å². The summed E-state index contributed by atoms with van der Waals surface area (Å²) in [5.74, 6) is 0.847. The van der Waals surface area contributed by atoms with Crippen molar-refractivity contribution >= 4 is 46.3 Å². The average molecular weight is 362 g/mol. The molecule has 7 heteroatoms. The molecular formula is C17H18N2O3S2. The summed E-state index contributed by atoms with van der Waals surface area (Å²) in [5.41, 5.74) is 0.926. The lowest BCUT2D eigenvalue weighted by atomic mass is 10.2. The zero-order valence-corrected chi connectivity index (χ0v) is 14.9. The van der Waals surface area contributed by atoms with E-state index in [-0.39, 0.29) is 17.1 Å². The summed E-state index contributed by atoms with van der Waals surface area (Å²) in [4.78, 5) is 30.4. The molecule has 0 bridgehead atoms. The first-order valence-corrected chi connectivity index (χ1v) is 9.66. The molecule has 0 N–H and O–H groups in total. The van der Waals surface area contributed by atoms with Gasteiger partial charge in [-0.25, -0.2) is 4.98 Å². The molecule has 5 nitrogen and oxygen atoms in total. The molecule has 0 saturated carbocycles. The smallest absolute Gasteiger partial charge is 0.320 e. The van der Waals surface area contributed by atoms with Crippen molar-refractivity contribution in [1.29, 1.82) is 0 Å². The highest BCUT2D eigenvalue weighted by Gasteiger charge is 2.29. The van der Waals surface area contributed by atoms with Gasteiger partial charge >= 0.3 is 5.97 Å². The van der Waals surface area contributed by atoms with Gasteiger partial charge in [0.05, 0.1) is 23.4 Å². The molecule has 2 aromatic rings. The van der Waals surface area contributed by atoms with E-state index in [2.05, 4.69) is 4.98 Å². The average Bonchev–Trinajstić information content (AvgIpc) is 2.65. The molecule has 1 fully saturated rings. The van der Waals surface area contributed by atoms with E-state index >= 15 is 0 Å². The topological polar surface area (TPSA) is 59.5 Å². The summed E-state index contributed by atoms with van der Waals surface area (Å²) in [6.07, 6.45) is 0. The van der Waals surface area contributed by atoms with Crippen LogP contribution < -0.4 is 0 Å². The van der Waals surface area contributed by atoms with E-state index in [0.717, 1.165) is 21.7 Å². The van der Waals surface area contributed by atoms with Crippen molar-refractivity contribution < 1.29 is 14.3 Å². The van der Waals surface area contributed by atoms with Crippen LogP contribution in [0, 0.1) is 0 Å². The van der Waals surface area contributed by atoms with Crippen LogP contribution in [0.2, 0.25) is 0 Å². The molecule has 3 rings (SSSR count). The maximum absolute atomic E-state index is 12.4. The molecule has 2 heterocycles. The normalized spacial score (nSPS) is 17.7. The molecule has 1 aromatic heterocycles. The highest BCUT2D eigenvalue weighted by atomic mass is 32.2. The molecule has 126 valence electrons. The predicted octanol–water partition coefficient (Wildman–Crippen LogP) is 2.44. The SMILES string of the molecule is COC(=O)[C@@H]1CN(C(=O)CSc2ccc3ccccc3n2)CCS1. The van der Waals surface area contributed by atoms with Gasteiger partial charge in [0.1, 0.15) is 5.25 Å². The Morgan fingerprint density at radius 2 is 2.17 bits per heavy atom. The van der Waals surface area contributed by atoms with E-state index in [4.69, 9.17) is 4.74 Å². The third-order valence-electron chi connectivity index (χ3n) is 3.80. The van der Waals surface area contributed by atoms with Crippen LogP contribution in [0.4, 0.5) is 0 Å². The Bertz CT molecular complexity index is 753. The number of thioether (sulfide) groups is 2. The number of carbonyl (C=O) groups is 2. The number of hydrogen-bond acceptors (Lipinski definition) is 6. The van der Waals surface area contributed by atoms with Crippen LogP contribution in [-0.2, 0) is 14.3 Å². The lowest BCUT2D eigenvalue weighted by Gasteiger charge is -2.30. The standard InChI is InChI=1S/C17H18N2O3S2/c1-22-17(21)14-10-19(8-9-23-14)16(20)11-24-15-7-6-12-4-2-3-5-13(12)18-15/h2-7,14H,8-11H2,1H3/t14-/m0/s1. The summed E-state index contributed by atoms with van der Waals surface area (Å²) in [6.45, 7) is 1.09. The summed E-state index contributed by atoms with van der Waals surface area (Å²) >= 11 is 2.97. The minimum atomic E-state index is -0.281. The van der Waals surface area contributed by atoms with Gasteiger partial charge in [0.15, 0.2) is 0 Å².